The average Bonchev–Trinajstić information content (AvgIpc) is 3.31. The molecule has 35 heavy (non-hydrogen) atoms. The van der Waals surface area contributed by atoms with Gasteiger partial charge in [-0.15, -0.1) is 11.3 Å². The molecule has 0 bridgehead atoms. The van der Waals surface area contributed by atoms with Gasteiger partial charge in [-0.1, -0.05) is 35.9 Å². The number of carbonyl (C=O) groups excluding carboxylic acids is 1. The van der Waals surface area contributed by atoms with Gasteiger partial charge in [0.05, 0.1) is 23.1 Å². The van der Waals surface area contributed by atoms with Crippen molar-refractivity contribution in [1.82, 2.24) is 15.2 Å². The maximum absolute atomic E-state index is 13.0. The van der Waals surface area contributed by atoms with E-state index in [1.807, 2.05) is 12.1 Å². The highest BCUT2D eigenvalue weighted by Crippen LogP contribution is 2.24. The van der Waals surface area contributed by atoms with Crippen molar-refractivity contribution < 1.29 is 9.90 Å². The zero-order valence-electron chi connectivity index (χ0n) is 18.9. The third kappa shape index (κ3) is 5.78. The quantitative estimate of drug-likeness (QED) is 0.336. The number of halogens is 1. The molecule has 4 aromatic rings. The molecule has 0 spiro atoms. The van der Waals surface area contributed by atoms with Crippen molar-refractivity contribution in [2.24, 2.45) is 7.05 Å². The molecule has 3 N–H and O–H groups in total. The summed E-state index contributed by atoms with van der Waals surface area (Å²) in [6.45, 7) is 1.03. The van der Waals surface area contributed by atoms with E-state index >= 15 is 0 Å². The number of aryl methyl sites for hydroxylation is 1. The number of aliphatic hydroxyl groups is 1. The van der Waals surface area contributed by atoms with E-state index in [2.05, 4.69) is 16.7 Å². The summed E-state index contributed by atoms with van der Waals surface area (Å²) in [7, 11) is 1.80. The molecule has 4 rings (SSSR count). The molecule has 0 aliphatic heterocycles. The number of fused-ring (bicyclic) bond motifs is 1. The molecule has 0 saturated carbocycles. The largest absolute Gasteiger partial charge is 0.387 e. The van der Waals surface area contributed by atoms with Crippen molar-refractivity contribution in [2.75, 3.05) is 6.54 Å². The molecule has 2 heterocycles. The normalized spacial score (nSPS) is 11.8. The van der Waals surface area contributed by atoms with Crippen LogP contribution < -0.4 is 16.1 Å². The Hall–Kier alpha value is -3.48. The van der Waals surface area contributed by atoms with Crippen molar-refractivity contribution in [3.05, 3.63) is 103 Å². The van der Waals surface area contributed by atoms with E-state index in [4.69, 9.17) is 16.9 Å². The van der Waals surface area contributed by atoms with Gasteiger partial charge >= 0.3 is 0 Å². The Morgan fingerprint density at radius 2 is 1.97 bits per heavy atom. The number of nitrogens with one attached hydrogen (secondary N) is 2. The van der Waals surface area contributed by atoms with Gasteiger partial charge < -0.3 is 20.3 Å². The molecule has 0 aliphatic rings. The number of aliphatic hydroxyl groups excluding tert-OH is 1. The molecular formula is C26H23ClN4O3S. The SMILES string of the molecule is Cn1cc(C(=O)NCc2ccc(Cl)cc2)c(=O)c2cc(CNCC(O)c3cccc(C#N)c3)sc21. The minimum Gasteiger partial charge on any atom is -0.387 e. The number of rotatable bonds is 8. The Morgan fingerprint density at radius 1 is 1.20 bits per heavy atom. The Morgan fingerprint density at radius 3 is 2.71 bits per heavy atom. The summed E-state index contributed by atoms with van der Waals surface area (Å²) >= 11 is 7.35. The van der Waals surface area contributed by atoms with Gasteiger partial charge in [0.25, 0.3) is 5.91 Å². The van der Waals surface area contributed by atoms with E-state index in [0.29, 0.717) is 28.1 Å². The number of hydrogen-bond donors (Lipinski definition) is 3. The summed E-state index contributed by atoms with van der Waals surface area (Å²) < 4.78 is 1.78. The number of nitrogens with zero attached hydrogens (tertiary/aromatic N) is 2. The molecule has 2 aromatic carbocycles. The van der Waals surface area contributed by atoms with E-state index in [1.165, 1.54) is 11.3 Å². The van der Waals surface area contributed by atoms with Gasteiger partial charge in [-0.05, 0) is 41.5 Å². The molecule has 0 saturated heterocycles. The van der Waals surface area contributed by atoms with Crippen LogP contribution in [-0.2, 0) is 20.1 Å². The first-order valence-electron chi connectivity index (χ1n) is 10.9. The van der Waals surface area contributed by atoms with Gasteiger partial charge in [0.1, 0.15) is 10.4 Å². The first-order valence-corrected chi connectivity index (χ1v) is 12.1. The molecule has 0 fully saturated rings. The van der Waals surface area contributed by atoms with Gasteiger partial charge in [-0.25, -0.2) is 0 Å². The van der Waals surface area contributed by atoms with Crippen molar-refractivity contribution in [3.8, 4) is 6.07 Å². The number of nitriles is 1. The highest BCUT2D eigenvalue weighted by atomic mass is 35.5. The highest BCUT2D eigenvalue weighted by molar-refractivity contribution is 7.18. The van der Waals surface area contributed by atoms with E-state index in [1.54, 1.807) is 60.3 Å². The molecule has 9 heteroatoms. The monoisotopic (exact) mass is 506 g/mol. The summed E-state index contributed by atoms with van der Waals surface area (Å²) in [4.78, 5) is 27.4. The summed E-state index contributed by atoms with van der Waals surface area (Å²) in [5.41, 5.74) is 1.80. The van der Waals surface area contributed by atoms with Crippen LogP contribution in [0.4, 0.5) is 0 Å². The Kier molecular flexibility index (Phi) is 7.63. The molecule has 1 unspecified atom stereocenters. The van der Waals surface area contributed by atoms with E-state index < -0.39 is 12.0 Å². The maximum Gasteiger partial charge on any atom is 0.257 e. The third-order valence-electron chi connectivity index (χ3n) is 5.54. The Labute approximate surface area is 211 Å². The summed E-state index contributed by atoms with van der Waals surface area (Å²) in [5.74, 6) is -0.434. The topological polar surface area (TPSA) is 107 Å². The Balaban J connectivity index is 1.43. The molecule has 1 amide bonds. The van der Waals surface area contributed by atoms with E-state index in [0.717, 1.165) is 15.3 Å². The average molecular weight is 507 g/mol. The van der Waals surface area contributed by atoms with Crippen LogP contribution in [0.2, 0.25) is 5.02 Å². The van der Waals surface area contributed by atoms with Crippen LogP contribution >= 0.6 is 22.9 Å². The Bertz CT molecular complexity index is 1470. The standard InChI is InChI=1S/C26H23ClN4O3S/c1-31-15-22(25(34)30-12-16-5-7-19(27)8-6-16)24(33)21-10-20(35-26(21)31)13-29-14-23(32)18-4-2-3-17(9-18)11-28/h2-10,15,23,29,32H,12-14H2,1H3,(H,30,34). The molecule has 7 nitrogen and oxygen atoms in total. The van der Waals surface area contributed by atoms with Crippen molar-refractivity contribution >= 4 is 39.1 Å². The van der Waals surface area contributed by atoms with Gasteiger partial charge in [0.15, 0.2) is 0 Å². The van der Waals surface area contributed by atoms with Crippen LogP contribution in [0.3, 0.4) is 0 Å². The van der Waals surface area contributed by atoms with Gasteiger partial charge in [0.2, 0.25) is 5.43 Å². The fraction of sp³-hybridized carbons (Fsp3) is 0.192. The van der Waals surface area contributed by atoms with Crippen LogP contribution in [0, 0.1) is 11.3 Å². The molecule has 1 atom stereocenters. The summed E-state index contributed by atoms with van der Waals surface area (Å²) in [6, 6.07) is 17.8. The maximum atomic E-state index is 13.0. The van der Waals surface area contributed by atoms with Gasteiger partial charge in [0, 0.05) is 42.8 Å². The number of thiophene rings is 1. The lowest BCUT2D eigenvalue weighted by molar-refractivity contribution is 0.0949. The van der Waals surface area contributed by atoms with Crippen molar-refractivity contribution in [2.45, 2.75) is 19.2 Å². The van der Waals surface area contributed by atoms with E-state index in [9.17, 15) is 14.7 Å². The predicted octanol–water partition coefficient (Wildman–Crippen LogP) is 3.88. The lowest BCUT2D eigenvalue weighted by atomic mass is 10.1. The third-order valence-corrected chi connectivity index (χ3v) is 7.02. The van der Waals surface area contributed by atoms with Crippen molar-refractivity contribution in [1.29, 1.82) is 5.26 Å². The van der Waals surface area contributed by atoms with Crippen LogP contribution in [0.1, 0.15) is 38.0 Å². The molecule has 0 radical (unpaired) electrons. The van der Waals surface area contributed by atoms with Gasteiger partial charge in [-0.2, -0.15) is 5.26 Å². The van der Waals surface area contributed by atoms with Crippen LogP contribution in [0.25, 0.3) is 10.2 Å². The first-order chi connectivity index (χ1) is 16.9. The second kappa shape index (κ2) is 10.8. The fourth-order valence-corrected chi connectivity index (χ4v) is 4.89. The lowest BCUT2D eigenvalue weighted by Crippen LogP contribution is -2.29. The molecule has 178 valence electrons. The number of pyridine rings is 1. The number of aromatic nitrogens is 1. The lowest BCUT2D eigenvalue weighted by Gasteiger charge is -2.12. The van der Waals surface area contributed by atoms with Crippen LogP contribution in [0.15, 0.2) is 65.6 Å². The molecule has 2 aromatic heterocycles. The number of amides is 1. The number of benzene rings is 2. The second-order valence-electron chi connectivity index (χ2n) is 8.11. The zero-order valence-corrected chi connectivity index (χ0v) is 20.5. The zero-order chi connectivity index (χ0) is 24.9. The summed E-state index contributed by atoms with van der Waals surface area (Å²) in [6.07, 6.45) is 0.793. The van der Waals surface area contributed by atoms with Crippen LogP contribution in [-0.4, -0.2) is 22.1 Å². The number of carbonyl (C=O) groups is 1. The smallest absolute Gasteiger partial charge is 0.257 e. The number of hydrogen-bond acceptors (Lipinski definition) is 6. The van der Waals surface area contributed by atoms with Crippen molar-refractivity contribution in [3.63, 3.8) is 0 Å². The molecular weight excluding hydrogens is 484 g/mol. The first kappa shape index (κ1) is 24.6. The predicted molar refractivity (Wildman–Crippen MR) is 138 cm³/mol. The minimum atomic E-state index is -0.764. The van der Waals surface area contributed by atoms with Gasteiger partial charge in [-0.3, -0.25) is 9.59 Å². The highest BCUT2D eigenvalue weighted by Gasteiger charge is 2.17. The second-order valence-corrected chi connectivity index (χ2v) is 9.66. The molecule has 0 aliphatic carbocycles. The summed E-state index contributed by atoms with van der Waals surface area (Å²) in [5, 5.41) is 26.5. The minimum absolute atomic E-state index is 0.0825. The van der Waals surface area contributed by atoms with Crippen LogP contribution in [0.5, 0.6) is 0 Å². The van der Waals surface area contributed by atoms with E-state index in [-0.39, 0.29) is 24.1 Å². The fourth-order valence-electron chi connectivity index (χ4n) is 3.71.